The van der Waals surface area contributed by atoms with Crippen molar-refractivity contribution in [2.24, 2.45) is 16.3 Å². The van der Waals surface area contributed by atoms with Gasteiger partial charge < -0.3 is 9.80 Å². The monoisotopic (exact) mass is 309 g/mol. The topological polar surface area (TPSA) is 18.8 Å². The van der Waals surface area contributed by atoms with E-state index < -0.39 is 0 Å². The highest BCUT2D eigenvalue weighted by atomic mass is 19.1. The summed E-state index contributed by atoms with van der Waals surface area (Å²) in [6.45, 7) is 4.66. The molecule has 1 aliphatic carbocycles. The summed E-state index contributed by atoms with van der Waals surface area (Å²) in [5, 5.41) is 0. The molecule has 118 valence electrons. The summed E-state index contributed by atoms with van der Waals surface area (Å²) in [5.74, 6) is 8.01. The predicted molar refractivity (Wildman–Crippen MR) is 90.9 cm³/mol. The Morgan fingerprint density at radius 2 is 2.22 bits per heavy atom. The summed E-state index contributed by atoms with van der Waals surface area (Å²) >= 11 is 0. The van der Waals surface area contributed by atoms with Crippen LogP contribution in [0.15, 0.2) is 35.5 Å². The lowest BCUT2D eigenvalue weighted by Gasteiger charge is -2.22. The van der Waals surface area contributed by atoms with Gasteiger partial charge in [0.15, 0.2) is 5.84 Å². The number of fused-ring (bicyclic) bond motifs is 1. The molecular formula is C19H20FN3. The van der Waals surface area contributed by atoms with Crippen molar-refractivity contribution in [3.8, 4) is 11.8 Å². The third-order valence-electron chi connectivity index (χ3n) is 5.00. The molecule has 1 saturated carbocycles. The number of likely N-dealkylation sites (N-methyl/N-ethyl adjacent to an activating group) is 1. The summed E-state index contributed by atoms with van der Waals surface area (Å²) in [6, 6.07) is 5.25. The number of halogens is 1. The Bertz CT molecular complexity index is 750. The van der Waals surface area contributed by atoms with Crippen molar-refractivity contribution >= 4 is 11.5 Å². The van der Waals surface area contributed by atoms with E-state index in [1.54, 1.807) is 12.1 Å². The predicted octanol–water partition coefficient (Wildman–Crippen LogP) is 2.82. The van der Waals surface area contributed by atoms with Gasteiger partial charge in [-0.1, -0.05) is 5.92 Å². The highest BCUT2D eigenvalue weighted by Crippen LogP contribution is 2.58. The first-order chi connectivity index (χ1) is 11.1. The Morgan fingerprint density at radius 1 is 1.35 bits per heavy atom. The molecule has 0 radical (unpaired) electrons. The molecule has 0 amide bonds. The lowest BCUT2D eigenvalue weighted by molar-refractivity contribution is 0.561. The van der Waals surface area contributed by atoms with Gasteiger partial charge in [0.05, 0.1) is 5.41 Å². The Hall–Kier alpha value is -2.28. The molecule has 2 aliphatic heterocycles. The van der Waals surface area contributed by atoms with Crippen molar-refractivity contribution in [2.45, 2.75) is 13.3 Å². The molecule has 0 bridgehead atoms. The fourth-order valence-corrected chi connectivity index (χ4v) is 3.60. The van der Waals surface area contributed by atoms with Crippen molar-refractivity contribution in [2.75, 3.05) is 31.6 Å². The van der Waals surface area contributed by atoms with Crippen molar-refractivity contribution in [1.82, 2.24) is 4.90 Å². The van der Waals surface area contributed by atoms with Crippen LogP contribution in [-0.2, 0) is 0 Å². The summed E-state index contributed by atoms with van der Waals surface area (Å²) in [4.78, 5) is 8.67. The van der Waals surface area contributed by atoms with Crippen LogP contribution in [-0.4, -0.2) is 37.4 Å². The van der Waals surface area contributed by atoms with Gasteiger partial charge in [0.2, 0.25) is 0 Å². The number of rotatable bonds is 1. The van der Waals surface area contributed by atoms with E-state index in [9.17, 15) is 4.39 Å². The second-order valence-electron chi connectivity index (χ2n) is 6.89. The summed E-state index contributed by atoms with van der Waals surface area (Å²) in [6.07, 6.45) is 4.99. The lowest BCUT2D eigenvalue weighted by atomic mass is 10.1. The zero-order chi connectivity index (χ0) is 16.0. The SMILES string of the molecule is Cc1cc(F)cc(N2CC3CC3(C#CC3=NC=CCN3C)C2)c1. The minimum absolute atomic E-state index is 0.0742. The average molecular weight is 309 g/mol. The number of benzene rings is 1. The minimum atomic E-state index is -0.161. The molecule has 4 rings (SSSR count). The van der Waals surface area contributed by atoms with Gasteiger partial charge in [-0.25, -0.2) is 9.38 Å². The first kappa shape index (κ1) is 14.3. The van der Waals surface area contributed by atoms with Crippen LogP contribution in [0.3, 0.4) is 0 Å². The highest BCUT2D eigenvalue weighted by molar-refractivity contribution is 5.99. The molecule has 2 fully saturated rings. The van der Waals surface area contributed by atoms with E-state index in [-0.39, 0.29) is 11.2 Å². The third kappa shape index (κ3) is 2.61. The molecule has 1 aromatic rings. The van der Waals surface area contributed by atoms with E-state index in [4.69, 9.17) is 0 Å². The fraction of sp³-hybridized carbons (Fsp3) is 0.421. The van der Waals surface area contributed by atoms with E-state index >= 15 is 0 Å². The van der Waals surface area contributed by atoms with Crippen molar-refractivity contribution in [3.05, 3.63) is 41.9 Å². The standard InChI is InChI=1S/C19H20FN3/c1-14-8-16(20)10-17(9-14)23-12-15-11-19(15,13-23)5-4-18-21-6-3-7-22(18)2/h3,6,8-10,15H,7,11-13H2,1-2H3. The lowest BCUT2D eigenvalue weighted by Crippen LogP contribution is -2.28. The molecule has 2 heterocycles. The average Bonchev–Trinajstić information content (AvgIpc) is 3.06. The van der Waals surface area contributed by atoms with Gasteiger partial charge in [0.1, 0.15) is 5.82 Å². The van der Waals surface area contributed by atoms with Gasteiger partial charge in [0.25, 0.3) is 0 Å². The first-order valence-corrected chi connectivity index (χ1v) is 8.05. The molecule has 0 N–H and O–H groups in total. The molecule has 2 atom stereocenters. The second-order valence-corrected chi connectivity index (χ2v) is 6.89. The molecule has 3 aliphatic rings. The Kier molecular flexibility index (Phi) is 3.19. The van der Waals surface area contributed by atoms with E-state index in [2.05, 4.69) is 32.7 Å². The molecular weight excluding hydrogens is 289 g/mol. The number of piperidine rings is 1. The van der Waals surface area contributed by atoms with Crippen molar-refractivity contribution < 1.29 is 4.39 Å². The number of amidine groups is 1. The molecule has 4 heteroatoms. The Morgan fingerprint density at radius 3 is 3.00 bits per heavy atom. The maximum Gasteiger partial charge on any atom is 0.181 e. The van der Waals surface area contributed by atoms with E-state index in [0.717, 1.165) is 43.1 Å². The minimum Gasteiger partial charge on any atom is -0.370 e. The van der Waals surface area contributed by atoms with E-state index in [0.29, 0.717) is 5.92 Å². The van der Waals surface area contributed by atoms with Gasteiger partial charge in [-0.15, -0.1) is 0 Å². The summed E-state index contributed by atoms with van der Waals surface area (Å²) < 4.78 is 13.6. The zero-order valence-corrected chi connectivity index (χ0v) is 13.5. The number of aliphatic imine (C=N–C) groups is 1. The molecule has 2 unspecified atom stereocenters. The molecule has 3 nitrogen and oxygen atoms in total. The molecule has 0 aromatic heterocycles. The van der Waals surface area contributed by atoms with Crippen LogP contribution >= 0.6 is 0 Å². The normalized spacial score (nSPS) is 28.1. The number of hydrogen-bond donors (Lipinski definition) is 0. The molecule has 1 aromatic carbocycles. The number of nitrogens with zero attached hydrogens (tertiary/aromatic N) is 3. The maximum absolute atomic E-state index is 13.6. The molecule has 1 saturated heterocycles. The van der Waals surface area contributed by atoms with Gasteiger partial charge >= 0.3 is 0 Å². The van der Waals surface area contributed by atoms with Gasteiger partial charge in [-0.3, -0.25) is 0 Å². The number of aryl methyl sites for hydroxylation is 1. The van der Waals surface area contributed by atoms with Gasteiger partial charge in [-0.05, 0) is 55.0 Å². The van der Waals surface area contributed by atoms with Crippen LogP contribution in [0.5, 0.6) is 0 Å². The van der Waals surface area contributed by atoms with Crippen LogP contribution in [0.4, 0.5) is 10.1 Å². The van der Waals surface area contributed by atoms with Gasteiger partial charge in [-0.2, -0.15) is 0 Å². The van der Waals surface area contributed by atoms with Crippen LogP contribution in [0.1, 0.15) is 12.0 Å². The first-order valence-electron chi connectivity index (χ1n) is 8.05. The summed E-state index contributed by atoms with van der Waals surface area (Å²) in [5.41, 5.74) is 2.02. The Labute approximate surface area is 136 Å². The largest absolute Gasteiger partial charge is 0.370 e. The van der Waals surface area contributed by atoms with Crippen LogP contribution in [0.2, 0.25) is 0 Å². The van der Waals surface area contributed by atoms with Crippen molar-refractivity contribution in [3.63, 3.8) is 0 Å². The van der Waals surface area contributed by atoms with E-state index in [1.807, 2.05) is 26.2 Å². The van der Waals surface area contributed by atoms with Crippen molar-refractivity contribution in [1.29, 1.82) is 0 Å². The number of anilines is 1. The van der Waals surface area contributed by atoms with Crippen LogP contribution < -0.4 is 4.90 Å². The fourth-order valence-electron chi connectivity index (χ4n) is 3.60. The third-order valence-corrected chi connectivity index (χ3v) is 5.00. The Balaban J connectivity index is 1.53. The highest BCUT2D eigenvalue weighted by Gasteiger charge is 2.59. The smallest absolute Gasteiger partial charge is 0.181 e. The van der Waals surface area contributed by atoms with Crippen LogP contribution in [0, 0.1) is 35.9 Å². The number of hydrogen-bond acceptors (Lipinski definition) is 3. The van der Waals surface area contributed by atoms with Gasteiger partial charge in [0, 0.05) is 38.6 Å². The van der Waals surface area contributed by atoms with E-state index in [1.165, 1.54) is 0 Å². The second kappa shape index (κ2) is 5.13. The molecule has 23 heavy (non-hydrogen) atoms. The molecule has 0 spiro atoms. The zero-order valence-electron chi connectivity index (χ0n) is 13.5. The quantitative estimate of drug-likeness (QED) is 0.743. The maximum atomic E-state index is 13.6. The van der Waals surface area contributed by atoms with Crippen LogP contribution in [0.25, 0.3) is 0 Å². The summed E-state index contributed by atoms with van der Waals surface area (Å²) in [7, 11) is 2.01.